The van der Waals surface area contributed by atoms with Crippen LogP contribution in [0.1, 0.15) is 5.69 Å². The highest BCUT2D eigenvalue weighted by molar-refractivity contribution is 6.31. The van der Waals surface area contributed by atoms with Gasteiger partial charge in [-0.1, -0.05) is 11.6 Å². The quantitative estimate of drug-likeness (QED) is 0.510. The number of halogens is 2. The lowest BCUT2D eigenvalue weighted by Gasteiger charge is -2.27. The maximum absolute atomic E-state index is 13.2. The van der Waals surface area contributed by atoms with Gasteiger partial charge in [-0.2, -0.15) is 4.98 Å². The molecule has 1 fully saturated rings. The Morgan fingerprint density at radius 3 is 2.38 bits per heavy atom. The van der Waals surface area contributed by atoms with Crippen molar-refractivity contribution in [2.75, 3.05) is 47.2 Å². The molecule has 1 aromatic heterocycles. The fraction of sp³-hybridized carbons (Fsp3) is 0.227. The Bertz CT molecular complexity index is 1110. The lowest BCUT2D eigenvalue weighted by atomic mass is 10.2. The van der Waals surface area contributed by atoms with Gasteiger partial charge >= 0.3 is 6.03 Å². The molecular weight excluding hydrogens is 435 g/mol. The summed E-state index contributed by atoms with van der Waals surface area (Å²) in [5.74, 6) is 0.814. The number of nitrogens with one attached hydrogen (secondary N) is 3. The average Bonchev–Trinajstić information content (AvgIpc) is 2.78. The summed E-state index contributed by atoms with van der Waals surface area (Å²) in [6.45, 7) is 4.77. The summed E-state index contributed by atoms with van der Waals surface area (Å²) in [6.07, 6.45) is 0. The minimum Gasteiger partial charge on any atom is -0.378 e. The van der Waals surface area contributed by atoms with Crippen molar-refractivity contribution >= 4 is 46.5 Å². The maximum Gasteiger partial charge on any atom is 0.323 e. The number of hydrogen-bond donors (Lipinski definition) is 3. The second-order valence-electron chi connectivity index (χ2n) is 7.20. The molecule has 4 rings (SSSR count). The molecule has 1 saturated heterocycles. The first-order valence-corrected chi connectivity index (χ1v) is 10.4. The highest BCUT2D eigenvalue weighted by Gasteiger charge is 2.15. The van der Waals surface area contributed by atoms with Gasteiger partial charge < -0.3 is 25.6 Å². The summed E-state index contributed by atoms with van der Waals surface area (Å²) in [7, 11) is 0. The van der Waals surface area contributed by atoms with E-state index in [2.05, 4.69) is 30.8 Å². The van der Waals surface area contributed by atoms with E-state index < -0.39 is 11.8 Å². The Morgan fingerprint density at radius 2 is 1.66 bits per heavy atom. The Kier molecular flexibility index (Phi) is 6.67. The lowest BCUT2D eigenvalue weighted by Crippen LogP contribution is -2.37. The van der Waals surface area contributed by atoms with Crippen LogP contribution in [0.2, 0.25) is 5.02 Å². The molecule has 3 aromatic rings. The van der Waals surface area contributed by atoms with E-state index in [1.54, 1.807) is 12.1 Å². The van der Waals surface area contributed by atoms with Gasteiger partial charge in [-0.3, -0.25) is 0 Å². The fourth-order valence-electron chi connectivity index (χ4n) is 3.17. The molecule has 0 radical (unpaired) electrons. The van der Waals surface area contributed by atoms with Crippen LogP contribution in [0, 0.1) is 12.7 Å². The van der Waals surface area contributed by atoms with E-state index in [4.69, 9.17) is 16.3 Å². The van der Waals surface area contributed by atoms with Gasteiger partial charge in [-0.25, -0.2) is 14.2 Å². The van der Waals surface area contributed by atoms with E-state index in [-0.39, 0.29) is 5.02 Å². The molecule has 0 atom stereocenters. The fourth-order valence-corrected chi connectivity index (χ4v) is 3.35. The number of aryl methyl sites for hydroxylation is 1. The molecule has 10 heteroatoms. The molecule has 166 valence electrons. The van der Waals surface area contributed by atoms with Crippen molar-refractivity contribution < 1.29 is 13.9 Å². The summed E-state index contributed by atoms with van der Waals surface area (Å²) in [5, 5.41) is 8.54. The van der Waals surface area contributed by atoms with Crippen LogP contribution in [0.5, 0.6) is 0 Å². The molecular formula is C22H22ClFN6O2. The first-order chi connectivity index (χ1) is 15.5. The number of benzene rings is 2. The Balaban J connectivity index is 1.38. The van der Waals surface area contributed by atoms with Gasteiger partial charge in [0.15, 0.2) is 0 Å². The van der Waals surface area contributed by atoms with E-state index in [1.807, 2.05) is 25.1 Å². The van der Waals surface area contributed by atoms with Crippen LogP contribution in [0.4, 0.5) is 38.0 Å². The highest BCUT2D eigenvalue weighted by Crippen LogP contribution is 2.22. The molecule has 2 heterocycles. The number of carbonyl (C=O) groups is 1. The highest BCUT2D eigenvalue weighted by atomic mass is 35.5. The molecule has 1 aliphatic heterocycles. The zero-order valence-corrected chi connectivity index (χ0v) is 18.1. The zero-order chi connectivity index (χ0) is 22.5. The van der Waals surface area contributed by atoms with Crippen molar-refractivity contribution in [2.45, 2.75) is 6.92 Å². The summed E-state index contributed by atoms with van der Waals surface area (Å²) >= 11 is 5.73. The molecule has 0 unspecified atom stereocenters. The monoisotopic (exact) mass is 456 g/mol. The third-order valence-corrected chi connectivity index (χ3v) is 5.02. The van der Waals surface area contributed by atoms with Crippen LogP contribution in [0.15, 0.2) is 48.5 Å². The van der Waals surface area contributed by atoms with E-state index in [9.17, 15) is 9.18 Å². The van der Waals surface area contributed by atoms with Crippen LogP contribution >= 0.6 is 11.6 Å². The molecule has 2 aromatic carbocycles. The minimum absolute atomic E-state index is 0.0602. The maximum atomic E-state index is 13.2. The number of aromatic nitrogens is 2. The van der Waals surface area contributed by atoms with Crippen LogP contribution in [-0.4, -0.2) is 42.3 Å². The summed E-state index contributed by atoms with van der Waals surface area (Å²) < 4.78 is 18.6. The molecule has 32 heavy (non-hydrogen) atoms. The van der Waals surface area contributed by atoms with Crippen LogP contribution < -0.4 is 20.9 Å². The van der Waals surface area contributed by atoms with Crippen molar-refractivity contribution in [3.8, 4) is 0 Å². The third-order valence-electron chi connectivity index (χ3n) is 4.73. The molecule has 0 saturated carbocycles. The van der Waals surface area contributed by atoms with Gasteiger partial charge in [0, 0.05) is 41.9 Å². The van der Waals surface area contributed by atoms with Gasteiger partial charge in [0.2, 0.25) is 5.95 Å². The van der Waals surface area contributed by atoms with Gasteiger partial charge in [-0.05, 0) is 49.4 Å². The van der Waals surface area contributed by atoms with Gasteiger partial charge in [0.05, 0.1) is 18.2 Å². The Morgan fingerprint density at radius 1 is 1.00 bits per heavy atom. The number of hydrogen-bond acceptors (Lipinski definition) is 6. The second-order valence-corrected chi connectivity index (χ2v) is 7.61. The smallest absolute Gasteiger partial charge is 0.323 e. The van der Waals surface area contributed by atoms with Crippen molar-refractivity contribution in [3.05, 3.63) is 65.1 Å². The van der Waals surface area contributed by atoms with Gasteiger partial charge in [-0.15, -0.1) is 0 Å². The van der Waals surface area contributed by atoms with Gasteiger partial charge in [0.1, 0.15) is 11.6 Å². The number of ether oxygens (including phenoxy) is 1. The first kappa shape index (κ1) is 21.8. The van der Waals surface area contributed by atoms with Crippen LogP contribution in [-0.2, 0) is 4.74 Å². The molecule has 8 nitrogen and oxygen atoms in total. The normalized spacial score (nSPS) is 13.5. The summed E-state index contributed by atoms with van der Waals surface area (Å²) in [4.78, 5) is 23.4. The van der Waals surface area contributed by atoms with Gasteiger partial charge in [0.25, 0.3) is 0 Å². The number of amides is 2. The van der Waals surface area contributed by atoms with Crippen LogP contribution in [0.3, 0.4) is 0 Å². The number of carbonyl (C=O) groups excluding carboxylic acids is 1. The Labute approximate surface area is 189 Å². The zero-order valence-electron chi connectivity index (χ0n) is 17.4. The number of anilines is 5. The van der Waals surface area contributed by atoms with Crippen LogP contribution in [0.25, 0.3) is 0 Å². The number of morpholine rings is 1. The second kappa shape index (κ2) is 9.80. The third kappa shape index (κ3) is 5.63. The molecule has 1 aliphatic rings. The van der Waals surface area contributed by atoms with E-state index >= 15 is 0 Å². The molecule has 0 bridgehead atoms. The lowest BCUT2D eigenvalue weighted by molar-refractivity contribution is 0.122. The van der Waals surface area contributed by atoms with Crippen molar-refractivity contribution in [1.29, 1.82) is 0 Å². The number of nitrogens with zero attached hydrogens (tertiary/aromatic N) is 3. The molecule has 3 N–H and O–H groups in total. The summed E-state index contributed by atoms with van der Waals surface area (Å²) in [6, 6.07) is 12.6. The molecule has 0 spiro atoms. The van der Waals surface area contributed by atoms with E-state index in [1.165, 1.54) is 18.2 Å². The topological polar surface area (TPSA) is 91.4 Å². The number of urea groups is 1. The van der Waals surface area contributed by atoms with E-state index in [0.29, 0.717) is 36.4 Å². The van der Waals surface area contributed by atoms with E-state index in [0.717, 1.165) is 24.5 Å². The molecule has 0 aliphatic carbocycles. The predicted molar refractivity (Wildman–Crippen MR) is 124 cm³/mol. The minimum atomic E-state index is -0.545. The molecule has 2 amide bonds. The van der Waals surface area contributed by atoms with Crippen molar-refractivity contribution in [3.63, 3.8) is 0 Å². The first-order valence-electron chi connectivity index (χ1n) is 10.0. The standard InChI is InChI=1S/C22H22ClFN6O2/c1-14-12-20(29-21(25-14)30-8-10-32-11-9-30)26-15-2-4-16(5-3-15)27-22(31)28-17-6-7-19(24)18(23)13-17/h2-7,12-13H,8-11H2,1H3,(H,25,26,29)(H2,27,28,31). The Hall–Kier alpha value is -3.43. The SMILES string of the molecule is Cc1cc(Nc2ccc(NC(=O)Nc3ccc(F)c(Cl)c3)cc2)nc(N2CCOCC2)n1. The summed E-state index contributed by atoms with van der Waals surface area (Å²) in [5.41, 5.74) is 2.66. The van der Waals surface area contributed by atoms with Crippen molar-refractivity contribution in [2.24, 2.45) is 0 Å². The predicted octanol–water partition coefficient (Wildman–Crippen LogP) is 4.80. The number of rotatable bonds is 5. The van der Waals surface area contributed by atoms with Crippen molar-refractivity contribution in [1.82, 2.24) is 9.97 Å². The largest absolute Gasteiger partial charge is 0.378 e. The average molecular weight is 457 g/mol.